The fourth-order valence-electron chi connectivity index (χ4n) is 3.64. The molecule has 2 atom stereocenters. The molecule has 8 nitrogen and oxygen atoms in total. The van der Waals surface area contributed by atoms with Crippen LogP contribution in [0, 0.1) is 18.3 Å². The maximum absolute atomic E-state index is 13.3. The van der Waals surface area contributed by atoms with Crippen LogP contribution < -0.4 is 11.1 Å². The van der Waals surface area contributed by atoms with Crippen molar-refractivity contribution in [2.45, 2.75) is 37.6 Å². The summed E-state index contributed by atoms with van der Waals surface area (Å²) in [5.41, 5.74) is 4.32. The van der Waals surface area contributed by atoms with Gasteiger partial charge in [0.15, 0.2) is 0 Å². The van der Waals surface area contributed by atoms with E-state index in [-0.39, 0.29) is 18.1 Å². The highest BCUT2D eigenvalue weighted by Gasteiger charge is 2.61. The van der Waals surface area contributed by atoms with Crippen LogP contribution in [-0.4, -0.2) is 40.1 Å². The van der Waals surface area contributed by atoms with Crippen molar-refractivity contribution in [3.8, 4) is 6.07 Å². The van der Waals surface area contributed by atoms with Crippen LogP contribution in [0.2, 0.25) is 0 Å². The number of aryl methyl sites for hydroxylation is 1. The molecule has 1 spiro atoms. The summed E-state index contributed by atoms with van der Waals surface area (Å²) in [5.74, 6) is -0.988. The minimum Gasteiger partial charge on any atom is -0.385 e. The largest absolute Gasteiger partial charge is 0.424 e. The maximum Gasteiger partial charge on any atom is 0.424 e. The number of aromatic nitrogens is 2. The molecule has 0 saturated carbocycles. The van der Waals surface area contributed by atoms with Gasteiger partial charge in [0.25, 0.3) is 5.91 Å². The molecule has 0 aromatic carbocycles. The van der Waals surface area contributed by atoms with Gasteiger partial charge < -0.3 is 15.8 Å². The molecule has 160 valence electrons. The lowest BCUT2D eigenvalue weighted by Crippen LogP contribution is -2.62. The number of carbonyl (C=O) groups excluding carboxylic acids is 1. The van der Waals surface area contributed by atoms with Crippen LogP contribution in [0.15, 0.2) is 29.5 Å². The monoisotopic (exact) mass is 430 g/mol. The first-order valence-corrected chi connectivity index (χ1v) is 9.23. The van der Waals surface area contributed by atoms with Crippen molar-refractivity contribution in [2.75, 3.05) is 11.9 Å². The van der Waals surface area contributed by atoms with Crippen LogP contribution >= 0.6 is 0 Å². The number of nitriles is 1. The lowest BCUT2D eigenvalue weighted by atomic mass is 9.71. The number of rotatable bonds is 2. The lowest BCUT2D eigenvalue weighted by Gasteiger charge is -2.47. The summed E-state index contributed by atoms with van der Waals surface area (Å²) in [4.78, 5) is 24.9. The molecule has 2 aromatic heterocycles. The number of nitrogens with one attached hydrogen (secondary N) is 1. The van der Waals surface area contributed by atoms with Crippen molar-refractivity contribution in [1.82, 2.24) is 9.97 Å². The summed E-state index contributed by atoms with van der Waals surface area (Å²) in [7, 11) is 0. The van der Waals surface area contributed by atoms with Crippen LogP contribution in [0.4, 0.5) is 19.0 Å². The number of halogens is 3. The zero-order valence-corrected chi connectivity index (χ0v) is 16.5. The molecular weight excluding hydrogens is 413 g/mol. The van der Waals surface area contributed by atoms with Crippen LogP contribution in [0.3, 0.4) is 0 Å². The Morgan fingerprint density at radius 3 is 2.68 bits per heavy atom. The molecule has 11 heteroatoms. The highest BCUT2D eigenvalue weighted by molar-refractivity contribution is 6.03. The minimum absolute atomic E-state index is 0.127. The molecule has 0 fully saturated rings. The number of amides is 1. The van der Waals surface area contributed by atoms with Crippen LogP contribution in [0.25, 0.3) is 0 Å². The van der Waals surface area contributed by atoms with Gasteiger partial charge in [0.1, 0.15) is 29.0 Å². The highest BCUT2D eigenvalue weighted by Crippen LogP contribution is 2.48. The molecule has 2 aliphatic rings. The molecule has 3 N–H and O–H groups in total. The molecule has 0 radical (unpaired) electrons. The summed E-state index contributed by atoms with van der Waals surface area (Å²) in [6.45, 7) is 2.20. The Morgan fingerprint density at radius 2 is 2.06 bits per heavy atom. The predicted octanol–water partition coefficient (Wildman–Crippen LogP) is 2.37. The van der Waals surface area contributed by atoms with Crippen LogP contribution in [-0.2, 0) is 16.7 Å². The number of amidine groups is 1. The fourth-order valence-corrected chi connectivity index (χ4v) is 3.64. The van der Waals surface area contributed by atoms with Gasteiger partial charge in [-0.05, 0) is 42.7 Å². The number of nitrogens with zero attached hydrogens (tertiary/aromatic N) is 4. The Labute approximate surface area is 175 Å². The quantitative estimate of drug-likeness (QED) is 0.753. The van der Waals surface area contributed by atoms with E-state index in [4.69, 9.17) is 15.7 Å². The van der Waals surface area contributed by atoms with Crippen molar-refractivity contribution in [3.05, 3.63) is 52.5 Å². The Hall–Kier alpha value is -3.52. The Kier molecular flexibility index (Phi) is 4.51. The van der Waals surface area contributed by atoms with Gasteiger partial charge in [-0.15, -0.1) is 0 Å². The first-order valence-electron chi connectivity index (χ1n) is 9.23. The molecule has 3 heterocycles. The van der Waals surface area contributed by atoms with E-state index >= 15 is 0 Å². The fraction of sp³-hybridized carbons (Fsp3) is 0.350. The topological polar surface area (TPSA) is 126 Å². The Bertz CT molecular complexity index is 1170. The molecule has 1 aliphatic heterocycles. The highest BCUT2D eigenvalue weighted by atomic mass is 19.4. The average molecular weight is 430 g/mol. The minimum atomic E-state index is -4.70. The molecule has 2 aromatic rings. The second-order valence-corrected chi connectivity index (χ2v) is 7.71. The maximum atomic E-state index is 13.3. The van der Waals surface area contributed by atoms with Crippen molar-refractivity contribution >= 4 is 17.6 Å². The van der Waals surface area contributed by atoms with Gasteiger partial charge >= 0.3 is 6.18 Å². The predicted molar refractivity (Wildman–Crippen MR) is 103 cm³/mol. The summed E-state index contributed by atoms with van der Waals surface area (Å²) in [6.07, 6.45) is -1.55. The van der Waals surface area contributed by atoms with E-state index < -0.39 is 29.1 Å². The number of alkyl halides is 3. The van der Waals surface area contributed by atoms with E-state index in [1.165, 1.54) is 18.5 Å². The summed E-state index contributed by atoms with van der Waals surface area (Å²) in [5, 5.41) is 11.5. The second kappa shape index (κ2) is 6.75. The average Bonchev–Trinajstić information content (AvgIpc) is 2.70. The summed E-state index contributed by atoms with van der Waals surface area (Å²) in [6, 6.07) is 5.03. The number of pyridine rings is 2. The first kappa shape index (κ1) is 20.7. The van der Waals surface area contributed by atoms with Gasteiger partial charge in [-0.1, -0.05) is 0 Å². The van der Waals surface area contributed by atoms with E-state index in [2.05, 4.69) is 20.3 Å². The van der Waals surface area contributed by atoms with Gasteiger partial charge in [-0.2, -0.15) is 18.4 Å². The van der Waals surface area contributed by atoms with Gasteiger partial charge in [0.2, 0.25) is 5.60 Å². The van der Waals surface area contributed by atoms with Gasteiger partial charge in [-0.3, -0.25) is 9.79 Å². The number of fused-ring (bicyclic) bond motifs is 2. The number of ether oxygens (including phenoxy) is 1. The standard InChI is InChI=1S/C20H17F3N6O2/c1-10-3-11(6-24)7-27-15(10)16(30)28-14-4-13-12(8-26-14)5-19(13)9-31-18(2,17(25)29-19)20(21,22)23/h3-4,7-8H,5,9H2,1-2H3,(H2,25,29)(H,26,28,30)/t18-,19-/m1/s1. The number of hydrogen-bond acceptors (Lipinski definition) is 7. The van der Waals surface area contributed by atoms with E-state index in [0.29, 0.717) is 23.1 Å². The van der Waals surface area contributed by atoms with Crippen LogP contribution in [0.5, 0.6) is 0 Å². The van der Waals surface area contributed by atoms with Crippen molar-refractivity contribution < 1.29 is 22.7 Å². The third-order valence-electron chi connectivity index (χ3n) is 5.60. The third kappa shape index (κ3) is 3.19. The van der Waals surface area contributed by atoms with Crippen molar-refractivity contribution in [2.24, 2.45) is 10.7 Å². The molecule has 31 heavy (non-hydrogen) atoms. The van der Waals surface area contributed by atoms with E-state index in [0.717, 1.165) is 12.5 Å². The molecule has 0 unspecified atom stereocenters. The Balaban J connectivity index is 1.60. The molecule has 4 rings (SSSR count). The summed E-state index contributed by atoms with van der Waals surface area (Å²) >= 11 is 0. The molecule has 0 saturated heterocycles. The number of nitrogens with two attached hydrogens (primary N) is 1. The van der Waals surface area contributed by atoms with Crippen molar-refractivity contribution in [3.63, 3.8) is 0 Å². The number of carbonyl (C=O) groups is 1. The van der Waals surface area contributed by atoms with E-state index in [9.17, 15) is 18.0 Å². The number of aliphatic imine (C=N–C) groups is 1. The lowest BCUT2D eigenvalue weighted by molar-refractivity contribution is -0.250. The van der Waals surface area contributed by atoms with Crippen LogP contribution in [0.1, 0.15) is 39.7 Å². The zero-order valence-electron chi connectivity index (χ0n) is 16.5. The van der Waals surface area contributed by atoms with E-state index in [1.807, 2.05) is 6.07 Å². The molecule has 1 amide bonds. The zero-order chi connectivity index (χ0) is 22.6. The second-order valence-electron chi connectivity index (χ2n) is 7.71. The smallest absolute Gasteiger partial charge is 0.385 e. The van der Waals surface area contributed by atoms with Crippen molar-refractivity contribution in [1.29, 1.82) is 5.26 Å². The van der Waals surface area contributed by atoms with Gasteiger partial charge in [0.05, 0.1) is 12.2 Å². The third-order valence-corrected chi connectivity index (χ3v) is 5.60. The number of anilines is 1. The molecular formula is C20H17F3N6O2. The Morgan fingerprint density at radius 1 is 1.32 bits per heavy atom. The summed E-state index contributed by atoms with van der Waals surface area (Å²) < 4.78 is 45.1. The van der Waals surface area contributed by atoms with Gasteiger partial charge in [0, 0.05) is 18.8 Å². The molecule has 0 bridgehead atoms. The van der Waals surface area contributed by atoms with Gasteiger partial charge in [-0.25, -0.2) is 9.97 Å². The number of hydrogen-bond donors (Lipinski definition) is 2. The molecule has 1 aliphatic carbocycles. The van der Waals surface area contributed by atoms with E-state index in [1.54, 1.807) is 13.0 Å². The SMILES string of the molecule is Cc1cc(C#N)cnc1C(=O)Nc1cc2c(cn1)C[C@@]21CO[C@@](C)(C(F)(F)F)C(N)=N1. The first-order chi connectivity index (χ1) is 14.5. The normalized spacial score (nSPS) is 24.6.